The van der Waals surface area contributed by atoms with Crippen LogP contribution in [0.5, 0.6) is 0 Å². The third-order valence-electron chi connectivity index (χ3n) is 2.64. The van der Waals surface area contributed by atoms with E-state index in [1.807, 2.05) is 32.4 Å². The van der Waals surface area contributed by atoms with Gasteiger partial charge in [0.15, 0.2) is 5.16 Å². The topological polar surface area (TPSA) is 77.0 Å². The molecule has 19 heavy (non-hydrogen) atoms. The monoisotopic (exact) mass is 282 g/mol. The van der Waals surface area contributed by atoms with Gasteiger partial charge in [-0.1, -0.05) is 32.5 Å². The highest BCUT2D eigenvalue weighted by Gasteiger charge is 2.21. The number of aromatic nitrogens is 4. The zero-order chi connectivity index (χ0) is 14.0. The summed E-state index contributed by atoms with van der Waals surface area (Å²) >= 11 is 1.50. The molecule has 0 atom stereocenters. The molecule has 0 bridgehead atoms. The normalized spacial score (nSPS) is 12.1. The van der Waals surface area contributed by atoms with Gasteiger partial charge in [0.2, 0.25) is 11.8 Å². The lowest BCUT2D eigenvalue weighted by Gasteiger charge is -2.10. The van der Waals surface area contributed by atoms with Crippen molar-refractivity contribution in [1.82, 2.24) is 19.7 Å². The highest BCUT2D eigenvalue weighted by Crippen LogP contribution is 2.24. The summed E-state index contributed by atoms with van der Waals surface area (Å²) in [5.74, 6) is 1.79. The standard InChI is InChI=1S/C12H18N4O2S/c1-12(2,3)10-15-14-9(18-10)7-19-11-13-5-8(6-17)16(11)4/h5,17H,6-7H2,1-4H3. The molecule has 7 heteroatoms. The second-order valence-electron chi connectivity index (χ2n) is 5.29. The molecule has 0 aliphatic heterocycles. The summed E-state index contributed by atoms with van der Waals surface area (Å²) < 4.78 is 7.47. The largest absolute Gasteiger partial charge is 0.424 e. The Morgan fingerprint density at radius 1 is 1.37 bits per heavy atom. The minimum Gasteiger partial charge on any atom is -0.424 e. The van der Waals surface area contributed by atoms with Gasteiger partial charge in [0.1, 0.15) is 0 Å². The fourth-order valence-electron chi connectivity index (χ4n) is 1.45. The van der Waals surface area contributed by atoms with Crippen molar-refractivity contribution in [3.05, 3.63) is 23.7 Å². The van der Waals surface area contributed by atoms with Crippen molar-refractivity contribution in [1.29, 1.82) is 0 Å². The van der Waals surface area contributed by atoms with Gasteiger partial charge in [-0.2, -0.15) is 0 Å². The van der Waals surface area contributed by atoms with E-state index in [0.29, 0.717) is 17.5 Å². The van der Waals surface area contributed by atoms with E-state index in [1.54, 1.807) is 6.20 Å². The van der Waals surface area contributed by atoms with Crippen LogP contribution >= 0.6 is 11.8 Å². The first-order valence-corrected chi connectivity index (χ1v) is 6.97. The summed E-state index contributed by atoms with van der Waals surface area (Å²) in [6, 6.07) is 0. The molecule has 0 aliphatic rings. The van der Waals surface area contributed by atoms with E-state index in [0.717, 1.165) is 10.9 Å². The fourth-order valence-corrected chi connectivity index (χ4v) is 2.26. The molecule has 0 fully saturated rings. The second-order valence-corrected chi connectivity index (χ2v) is 6.23. The molecule has 2 rings (SSSR count). The molecular formula is C12H18N4O2S. The van der Waals surface area contributed by atoms with Crippen LogP contribution < -0.4 is 0 Å². The maximum atomic E-state index is 9.10. The number of hydrogen-bond donors (Lipinski definition) is 1. The van der Waals surface area contributed by atoms with E-state index in [9.17, 15) is 0 Å². The molecule has 0 spiro atoms. The van der Waals surface area contributed by atoms with E-state index in [-0.39, 0.29) is 12.0 Å². The van der Waals surface area contributed by atoms with Crippen LogP contribution in [0.4, 0.5) is 0 Å². The Kier molecular flexibility index (Phi) is 3.96. The van der Waals surface area contributed by atoms with Crippen molar-refractivity contribution < 1.29 is 9.52 Å². The maximum absolute atomic E-state index is 9.10. The SMILES string of the molecule is Cn1c(CO)cnc1SCc1nnc(C(C)(C)C)o1. The minimum absolute atomic E-state index is 0.0151. The van der Waals surface area contributed by atoms with Crippen molar-refractivity contribution in [2.75, 3.05) is 0 Å². The number of hydrogen-bond acceptors (Lipinski definition) is 6. The number of thioether (sulfide) groups is 1. The Bertz CT molecular complexity index is 556. The van der Waals surface area contributed by atoms with Gasteiger partial charge in [-0.25, -0.2) is 4.98 Å². The molecule has 0 amide bonds. The molecule has 0 saturated carbocycles. The van der Waals surface area contributed by atoms with Gasteiger partial charge in [0, 0.05) is 12.5 Å². The van der Waals surface area contributed by atoms with Crippen molar-refractivity contribution in [3.63, 3.8) is 0 Å². The van der Waals surface area contributed by atoms with Crippen LogP contribution in [0, 0.1) is 0 Å². The summed E-state index contributed by atoms with van der Waals surface area (Å²) in [6.45, 7) is 6.08. The van der Waals surface area contributed by atoms with E-state index >= 15 is 0 Å². The number of imidazole rings is 1. The van der Waals surface area contributed by atoms with Crippen LogP contribution in [-0.4, -0.2) is 24.9 Å². The van der Waals surface area contributed by atoms with Crippen LogP contribution in [0.1, 0.15) is 38.2 Å². The van der Waals surface area contributed by atoms with Crippen LogP contribution in [0.2, 0.25) is 0 Å². The summed E-state index contributed by atoms with van der Waals surface area (Å²) in [5.41, 5.74) is 0.645. The molecular weight excluding hydrogens is 264 g/mol. The average Bonchev–Trinajstić information content (AvgIpc) is 2.93. The van der Waals surface area contributed by atoms with Crippen LogP contribution in [0.25, 0.3) is 0 Å². The number of nitrogens with zero attached hydrogens (tertiary/aromatic N) is 4. The van der Waals surface area contributed by atoms with Crippen molar-refractivity contribution in [3.8, 4) is 0 Å². The summed E-state index contributed by atoms with van der Waals surface area (Å²) in [7, 11) is 1.87. The van der Waals surface area contributed by atoms with Gasteiger partial charge in [-0.15, -0.1) is 10.2 Å². The average molecular weight is 282 g/mol. The lowest BCUT2D eigenvalue weighted by atomic mass is 9.97. The van der Waals surface area contributed by atoms with Crippen molar-refractivity contribution >= 4 is 11.8 Å². The molecule has 2 aromatic rings. The highest BCUT2D eigenvalue weighted by atomic mass is 32.2. The van der Waals surface area contributed by atoms with E-state index in [1.165, 1.54) is 11.8 Å². The molecule has 0 aliphatic carbocycles. The Labute approximate surface area is 116 Å². The minimum atomic E-state index is -0.136. The molecule has 2 aromatic heterocycles. The Hall–Kier alpha value is -1.34. The Morgan fingerprint density at radius 2 is 2.11 bits per heavy atom. The summed E-state index contributed by atoms with van der Waals surface area (Å²) in [5, 5.41) is 18.0. The zero-order valence-electron chi connectivity index (χ0n) is 11.5. The van der Waals surface area contributed by atoms with Gasteiger partial charge < -0.3 is 14.1 Å². The Balaban J connectivity index is 2.02. The number of rotatable bonds is 4. The van der Waals surface area contributed by atoms with Gasteiger partial charge in [-0.05, 0) is 0 Å². The van der Waals surface area contributed by atoms with Crippen LogP contribution in [-0.2, 0) is 24.8 Å². The van der Waals surface area contributed by atoms with E-state index in [2.05, 4.69) is 15.2 Å². The lowest BCUT2D eigenvalue weighted by Crippen LogP contribution is -2.11. The van der Waals surface area contributed by atoms with Gasteiger partial charge >= 0.3 is 0 Å². The summed E-state index contributed by atoms with van der Waals surface area (Å²) in [4.78, 5) is 4.23. The van der Waals surface area contributed by atoms with Gasteiger partial charge in [0.25, 0.3) is 0 Å². The molecule has 104 valence electrons. The zero-order valence-corrected chi connectivity index (χ0v) is 12.4. The van der Waals surface area contributed by atoms with Crippen LogP contribution in [0.15, 0.2) is 15.8 Å². The second kappa shape index (κ2) is 5.34. The van der Waals surface area contributed by atoms with Gasteiger partial charge in [-0.3, -0.25) is 0 Å². The van der Waals surface area contributed by atoms with Crippen LogP contribution in [0.3, 0.4) is 0 Å². The first-order valence-electron chi connectivity index (χ1n) is 5.99. The third kappa shape index (κ3) is 3.16. The smallest absolute Gasteiger partial charge is 0.226 e. The molecule has 6 nitrogen and oxygen atoms in total. The molecule has 1 N–H and O–H groups in total. The predicted molar refractivity (Wildman–Crippen MR) is 71.7 cm³/mol. The molecule has 2 heterocycles. The quantitative estimate of drug-likeness (QED) is 0.863. The first-order chi connectivity index (χ1) is 8.91. The first kappa shape index (κ1) is 14.1. The van der Waals surface area contributed by atoms with Gasteiger partial charge in [0.05, 0.1) is 24.3 Å². The Morgan fingerprint density at radius 3 is 2.63 bits per heavy atom. The fraction of sp³-hybridized carbons (Fsp3) is 0.583. The van der Waals surface area contributed by atoms with Crippen molar-refractivity contribution in [2.24, 2.45) is 7.05 Å². The number of aliphatic hydroxyl groups excluding tert-OH is 1. The number of aliphatic hydroxyl groups is 1. The van der Waals surface area contributed by atoms with E-state index < -0.39 is 0 Å². The molecule has 0 unspecified atom stereocenters. The van der Waals surface area contributed by atoms with E-state index in [4.69, 9.17) is 9.52 Å². The summed E-state index contributed by atoms with van der Waals surface area (Å²) in [6.07, 6.45) is 1.66. The molecule has 0 aromatic carbocycles. The van der Waals surface area contributed by atoms with Crippen molar-refractivity contribution in [2.45, 2.75) is 43.7 Å². The maximum Gasteiger partial charge on any atom is 0.226 e. The third-order valence-corrected chi connectivity index (χ3v) is 3.67. The molecule has 0 saturated heterocycles. The highest BCUT2D eigenvalue weighted by molar-refractivity contribution is 7.98. The molecule has 0 radical (unpaired) electrons. The lowest BCUT2D eigenvalue weighted by molar-refractivity contribution is 0.271. The predicted octanol–water partition coefficient (Wildman–Crippen LogP) is 1.89.